The average molecular weight is 753 g/mol. The summed E-state index contributed by atoms with van der Waals surface area (Å²) >= 11 is 0. The van der Waals surface area contributed by atoms with E-state index in [4.69, 9.17) is 10.5 Å². The lowest BCUT2D eigenvalue weighted by Gasteiger charge is -2.29. The molecule has 1 fully saturated rings. The SMILES string of the molecule is CCCC[C@@]1(/C=C/C(=O)CCc2ccc(O)c(OCCc3ccc(O)c([C@@H]4CC([O-])=C5C=CN=C5CC#Cc5cc6c(cc54)C=CN[C@H]6N)c3)c2)CC[C@H](O)C1. The molecule has 0 saturated heterocycles. The van der Waals surface area contributed by atoms with E-state index < -0.39 is 12.1 Å². The lowest BCUT2D eigenvalue weighted by molar-refractivity contribution is -0.307. The molecular formula is C47H50N3O6-. The number of aliphatic hydroxyl groups excluding tert-OH is 1. The monoisotopic (exact) mass is 752 g/mol. The van der Waals surface area contributed by atoms with E-state index in [1.165, 1.54) is 0 Å². The van der Waals surface area contributed by atoms with Gasteiger partial charge in [-0.25, -0.2) is 0 Å². The highest BCUT2D eigenvalue weighted by atomic mass is 16.5. The van der Waals surface area contributed by atoms with Crippen molar-refractivity contribution in [3.63, 3.8) is 0 Å². The average Bonchev–Trinajstić information content (AvgIpc) is 3.82. The van der Waals surface area contributed by atoms with Crippen LogP contribution in [0.4, 0.5) is 0 Å². The molecule has 290 valence electrons. The summed E-state index contributed by atoms with van der Waals surface area (Å²) in [5.74, 6) is 6.40. The number of benzene rings is 3. The molecule has 3 aromatic carbocycles. The van der Waals surface area contributed by atoms with E-state index in [1.807, 2.05) is 42.6 Å². The molecule has 0 amide bonds. The molecule has 2 heterocycles. The number of aromatic hydroxyl groups is 2. The molecule has 0 bridgehead atoms. The Morgan fingerprint density at radius 2 is 1.89 bits per heavy atom. The van der Waals surface area contributed by atoms with Crippen LogP contribution in [-0.2, 0) is 17.6 Å². The van der Waals surface area contributed by atoms with Crippen LogP contribution in [0, 0.1) is 17.3 Å². The summed E-state index contributed by atoms with van der Waals surface area (Å²) in [6.07, 6.45) is 17.5. The summed E-state index contributed by atoms with van der Waals surface area (Å²) in [5, 5.41) is 49.1. The Kier molecular flexibility index (Phi) is 11.8. The smallest absolute Gasteiger partial charge is 0.161 e. The van der Waals surface area contributed by atoms with E-state index in [9.17, 15) is 25.2 Å². The molecule has 6 N–H and O–H groups in total. The van der Waals surface area contributed by atoms with E-state index in [1.54, 1.807) is 42.6 Å². The Morgan fingerprint density at radius 1 is 1.07 bits per heavy atom. The number of hydrogen-bond acceptors (Lipinski definition) is 9. The second-order valence-electron chi connectivity index (χ2n) is 15.5. The van der Waals surface area contributed by atoms with Gasteiger partial charge in [0.05, 0.1) is 24.8 Å². The second kappa shape index (κ2) is 17.1. The Hall–Kier alpha value is -5.56. The fraction of sp³-hybridized carbons (Fsp3) is 0.362. The van der Waals surface area contributed by atoms with Crippen LogP contribution < -0.4 is 20.9 Å². The standard InChI is InChI=1S/C47H51N3O6/c1-2-3-18-47(20-14-35(52)29-47)19-13-34(51)10-7-30-9-12-43(54)45(25-30)56-23-17-31-8-11-42(53)40(24-31)39-28-44(55)36-16-22-49-41(36)6-4-5-32-27-38-33(26-37(32)39)15-21-50-46(38)48/h8-9,11-13,15-16,19,21-22,24-27,35,39,46,50,52-55H,2-3,6-7,10,14,17-18,20,23,28-29,48H2,1H3/p-1/b19-13+,44-36?/t35-,39+,46+,47+/m0/s1. The molecule has 0 unspecified atom stereocenters. The minimum atomic E-state index is -0.511. The topological polar surface area (TPSA) is 160 Å². The van der Waals surface area contributed by atoms with Crippen molar-refractivity contribution < 1.29 is 30.0 Å². The first-order valence-electron chi connectivity index (χ1n) is 19.8. The predicted molar refractivity (Wildman–Crippen MR) is 217 cm³/mol. The highest BCUT2D eigenvalue weighted by Gasteiger charge is 2.35. The number of fused-ring (bicyclic) bond motifs is 3. The Labute approximate surface area is 329 Å². The van der Waals surface area contributed by atoms with Crippen molar-refractivity contribution in [3.8, 4) is 29.1 Å². The number of nitrogens with two attached hydrogens (primary N) is 1. The molecule has 9 heteroatoms. The molecule has 7 rings (SSSR count). The molecule has 3 aromatic rings. The number of hydrogen-bond donors (Lipinski definition) is 5. The fourth-order valence-corrected chi connectivity index (χ4v) is 8.35. The van der Waals surface area contributed by atoms with E-state index in [2.05, 4.69) is 29.1 Å². The summed E-state index contributed by atoms with van der Waals surface area (Å²) < 4.78 is 6.08. The number of nitrogens with zero attached hydrogens (tertiary/aromatic N) is 1. The first-order chi connectivity index (χ1) is 27.1. The third-order valence-electron chi connectivity index (χ3n) is 11.5. The van der Waals surface area contributed by atoms with Gasteiger partial charge in [-0.15, -0.1) is 5.76 Å². The summed E-state index contributed by atoms with van der Waals surface area (Å²) in [4.78, 5) is 17.3. The van der Waals surface area contributed by atoms with Crippen molar-refractivity contribution in [3.05, 3.63) is 129 Å². The van der Waals surface area contributed by atoms with Gasteiger partial charge in [0.15, 0.2) is 17.3 Å². The fourth-order valence-electron chi connectivity index (χ4n) is 8.35. The number of aliphatic hydroxyl groups is 1. The maximum atomic E-state index is 13.8. The number of nitrogens with one attached hydrogen (secondary N) is 1. The van der Waals surface area contributed by atoms with Crippen molar-refractivity contribution in [2.75, 3.05) is 6.61 Å². The van der Waals surface area contributed by atoms with Gasteiger partial charge in [-0.05, 0) is 132 Å². The largest absolute Gasteiger partial charge is 0.875 e. The number of aliphatic imine (C=N–C) groups is 1. The van der Waals surface area contributed by atoms with Gasteiger partial charge >= 0.3 is 0 Å². The van der Waals surface area contributed by atoms with Crippen LogP contribution >= 0.6 is 0 Å². The first kappa shape index (κ1) is 38.7. The third-order valence-corrected chi connectivity index (χ3v) is 11.5. The zero-order valence-electron chi connectivity index (χ0n) is 31.9. The summed E-state index contributed by atoms with van der Waals surface area (Å²) in [5.41, 5.74) is 13.2. The van der Waals surface area contributed by atoms with Gasteiger partial charge in [-0.1, -0.05) is 55.9 Å². The van der Waals surface area contributed by atoms with E-state index in [-0.39, 0.29) is 47.6 Å². The molecule has 1 saturated carbocycles. The number of unbranched alkanes of at least 4 members (excludes halogenated alkanes) is 1. The Bertz CT molecular complexity index is 2200. The van der Waals surface area contributed by atoms with Gasteiger partial charge in [0, 0.05) is 36.1 Å². The Morgan fingerprint density at radius 3 is 2.70 bits per heavy atom. The number of ketones is 1. The van der Waals surface area contributed by atoms with Gasteiger partial charge in [0.25, 0.3) is 0 Å². The van der Waals surface area contributed by atoms with Crippen LogP contribution in [0.1, 0.15) is 116 Å². The van der Waals surface area contributed by atoms with Crippen LogP contribution in [0.2, 0.25) is 0 Å². The Balaban J connectivity index is 1.06. The maximum Gasteiger partial charge on any atom is 0.161 e. The number of ether oxygens (including phenoxy) is 1. The molecule has 4 atom stereocenters. The minimum Gasteiger partial charge on any atom is -0.875 e. The zero-order valence-corrected chi connectivity index (χ0v) is 31.9. The molecule has 56 heavy (non-hydrogen) atoms. The summed E-state index contributed by atoms with van der Waals surface area (Å²) in [7, 11) is 0. The molecule has 2 aliphatic heterocycles. The van der Waals surface area contributed by atoms with Gasteiger partial charge in [-0.3, -0.25) is 9.79 Å². The zero-order chi connectivity index (χ0) is 39.2. The van der Waals surface area contributed by atoms with Crippen LogP contribution in [0.5, 0.6) is 17.2 Å². The number of carbonyl (C=O) groups is 1. The van der Waals surface area contributed by atoms with Gasteiger partial charge in [0.2, 0.25) is 0 Å². The number of carbonyl (C=O) groups excluding carboxylic acids is 1. The molecule has 2 aliphatic carbocycles. The van der Waals surface area contributed by atoms with Crippen LogP contribution in [0.15, 0.2) is 95.5 Å². The molecule has 9 nitrogen and oxygen atoms in total. The van der Waals surface area contributed by atoms with Gasteiger partial charge < -0.3 is 36.2 Å². The molecule has 0 spiro atoms. The number of phenols is 2. The molecule has 0 radical (unpaired) electrons. The van der Waals surface area contributed by atoms with Crippen LogP contribution in [0.3, 0.4) is 0 Å². The van der Waals surface area contributed by atoms with Crippen LogP contribution in [-0.4, -0.2) is 39.5 Å². The third kappa shape index (κ3) is 8.78. The maximum absolute atomic E-state index is 13.8. The number of rotatable bonds is 13. The predicted octanol–water partition coefficient (Wildman–Crippen LogP) is 6.89. The van der Waals surface area contributed by atoms with Crippen molar-refractivity contribution >= 4 is 17.6 Å². The lowest BCUT2D eigenvalue weighted by Crippen LogP contribution is -2.27. The highest BCUT2D eigenvalue weighted by molar-refractivity contribution is 6.06. The van der Waals surface area contributed by atoms with Crippen molar-refractivity contribution in [1.82, 2.24) is 5.32 Å². The molecule has 4 aliphatic rings. The van der Waals surface area contributed by atoms with E-state index in [0.29, 0.717) is 54.7 Å². The summed E-state index contributed by atoms with van der Waals surface area (Å²) in [6, 6.07) is 14.6. The molecule has 0 aromatic heterocycles. The van der Waals surface area contributed by atoms with E-state index >= 15 is 0 Å². The number of aryl methyl sites for hydroxylation is 1. The first-order valence-corrected chi connectivity index (χ1v) is 19.8. The number of phenolic OH excluding ortho intramolecular Hbond substituents is 2. The lowest BCUT2D eigenvalue weighted by atomic mass is 9.80. The van der Waals surface area contributed by atoms with Crippen molar-refractivity contribution in [2.24, 2.45) is 16.1 Å². The van der Waals surface area contributed by atoms with Crippen LogP contribution in [0.25, 0.3) is 6.08 Å². The second-order valence-corrected chi connectivity index (χ2v) is 15.5. The highest BCUT2D eigenvalue weighted by Crippen LogP contribution is 2.44. The normalized spacial score (nSPS) is 22.5. The number of allylic oxidation sites excluding steroid dienone is 5. The summed E-state index contributed by atoms with van der Waals surface area (Å²) in [6.45, 7) is 2.40. The van der Waals surface area contributed by atoms with Gasteiger partial charge in [0.1, 0.15) is 11.9 Å². The van der Waals surface area contributed by atoms with Gasteiger partial charge in [-0.2, -0.15) is 0 Å². The minimum absolute atomic E-state index is 0.00966. The quantitative estimate of drug-likeness (QED) is 0.0933. The van der Waals surface area contributed by atoms with E-state index in [0.717, 1.165) is 65.5 Å². The van der Waals surface area contributed by atoms with Crippen molar-refractivity contribution in [1.29, 1.82) is 0 Å². The van der Waals surface area contributed by atoms with Crippen molar-refractivity contribution in [2.45, 2.75) is 95.7 Å². The molecular weight excluding hydrogens is 703 g/mol.